The Kier molecular flexibility index (Phi) is 2.85. The SMILES string of the molecule is COc1ncccc1N1CCC(=O)CC1. The van der Waals surface area contributed by atoms with E-state index in [-0.39, 0.29) is 0 Å². The molecule has 4 nitrogen and oxygen atoms in total. The van der Waals surface area contributed by atoms with Gasteiger partial charge in [-0.25, -0.2) is 4.98 Å². The molecular weight excluding hydrogens is 192 g/mol. The number of aromatic nitrogens is 1. The predicted octanol–water partition coefficient (Wildman–Crippen LogP) is 1.26. The first kappa shape index (κ1) is 9.96. The maximum atomic E-state index is 11.1. The van der Waals surface area contributed by atoms with E-state index in [0.717, 1.165) is 18.8 Å². The number of carbonyl (C=O) groups is 1. The van der Waals surface area contributed by atoms with Gasteiger partial charge < -0.3 is 9.64 Å². The Hall–Kier alpha value is -1.58. The minimum atomic E-state index is 0.342. The molecule has 1 saturated heterocycles. The topological polar surface area (TPSA) is 42.4 Å². The summed E-state index contributed by atoms with van der Waals surface area (Å²) in [6.45, 7) is 1.53. The fourth-order valence-corrected chi connectivity index (χ4v) is 1.78. The van der Waals surface area contributed by atoms with Crippen LogP contribution in [0.15, 0.2) is 18.3 Å². The monoisotopic (exact) mass is 206 g/mol. The van der Waals surface area contributed by atoms with Crippen LogP contribution >= 0.6 is 0 Å². The summed E-state index contributed by atoms with van der Waals surface area (Å²) in [5.74, 6) is 0.973. The van der Waals surface area contributed by atoms with Gasteiger partial charge in [0.25, 0.3) is 0 Å². The summed E-state index contributed by atoms with van der Waals surface area (Å²) >= 11 is 0. The number of ketones is 1. The predicted molar refractivity (Wildman–Crippen MR) is 57.2 cm³/mol. The minimum Gasteiger partial charge on any atom is -0.480 e. The molecule has 80 valence electrons. The van der Waals surface area contributed by atoms with E-state index in [1.54, 1.807) is 13.3 Å². The Morgan fingerprint density at radius 3 is 2.80 bits per heavy atom. The van der Waals surface area contributed by atoms with Crippen molar-refractivity contribution in [2.45, 2.75) is 12.8 Å². The van der Waals surface area contributed by atoms with Crippen LogP contribution in [-0.2, 0) is 4.79 Å². The number of Topliss-reactive ketones (excluding diaryl/α,β-unsaturated/α-hetero) is 1. The van der Waals surface area contributed by atoms with Crippen LogP contribution in [0.1, 0.15) is 12.8 Å². The van der Waals surface area contributed by atoms with Crippen LogP contribution < -0.4 is 9.64 Å². The van der Waals surface area contributed by atoms with E-state index in [4.69, 9.17) is 4.74 Å². The maximum absolute atomic E-state index is 11.1. The summed E-state index contributed by atoms with van der Waals surface area (Å²) in [5, 5.41) is 0. The highest BCUT2D eigenvalue weighted by Gasteiger charge is 2.19. The Morgan fingerprint density at radius 2 is 2.13 bits per heavy atom. The zero-order valence-electron chi connectivity index (χ0n) is 8.77. The van der Waals surface area contributed by atoms with E-state index >= 15 is 0 Å². The van der Waals surface area contributed by atoms with Gasteiger partial charge >= 0.3 is 0 Å². The lowest BCUT2D eigenvalue weighted by atomic mass is 10.1. The van der Waals surface area contributed by atoms with Crippen molar-refractivity contribution < 1.29 is 9.53 Å². The van der Waals surface area contributed by atoms with Gasteiger partial charge in [0.05, 0.1) is 12.8 Å². The third kappa shape index (κ3) is 2.09. The van der Waals surface area contributed by atoms with Crippen molar-refractivity contribution in [3.8, 4) is 5.88 Å². The van der Waals surface area contributed by atoms with Crippen LogP contribution in [0.2, 0.25) is 0 Å². The van der Waals surface area contributed by atoms with Crippen LogP contribution in [-0.4, -0.2) is 31.0 Å². The lowest BCUT2D eigenvalue weighted by Crippen LogP contribution is -2.34. The second kappa shape index (κ2) is 4.29. The standard InChI is InChI=1S/C11H14N2O2/c1-15-11-10(3-2-6-12-11)13-7-4-9(14)5-8-13/h2-3,6H,4-5,7-8H2,1H3. The van der Waals surface area contributed by atoms with E-state index < -0.39 is 0 Å². The quantitative estimate of drug-likeness (QED) is 0.730. The molecule has 0 atom stereocenters. The third-order valence-electron chi connectivity index (χ3n) is 2.61. The average molecular weight is 206 g/mol. The number of anilines is 1. The number of hydrogen-bond donors (Lipinski definition) is 0. The Morgan fingerprint density at radius 1 is 1.40 bits per heavy atom. The van der Waals surface area contributed by atoms with Crippen LogP contribution in [0.4, 0.5) is 5.69 Å². The molecule has 1 aromatic heterocycles. The Labute approximate surface area is 88.9 Å². The first-order chi connectivity index (χ1) is 7.31. The van der Waals surface area contributed by atoms with Gasteiger partial charge in [-0.05, 0) is 12.1 Å². The molecule has 1 fully saturated rings. The van der Waals surface area contributed by atoms with Gasteiger partial charge in [-0.2, -0.15) is 0 Å². The number of piperidine rings is 1. The first-order valence-corrected chi connectivity index (χ1v) is 5.07. The average Bonchev–Trinajstić information content (AvgIpc) is 2.30. The third-order valence-corrected chi connectivity index (χ3v) is 2.61. The first-order valence-electron chi connectivity index (χ1n) is 5.07. The molecule has 2 rings (SSSR count). The van der Waals surface area contributed by atoms with Gasteiger partial charge in [-0.1, -0.05) is 0 Å². The summed E-state index contributed by atoms with van der Waals surface area (Å²) in [6, 6.07) is 3.86. The lowest BCUT2D eigenvalue weighted by molar-refractivity contribution is -0.119. The number of methoxy groups -OCH3 is 1. The summed E-state index contributed by atoms with van der Waals surface area (Å²) in [6.07, 6.45) is 2.95. The molecular formula is C11H14N2O2. The zero-order chi connectivity index (χ0) is 10.7. The number of hydrogen-bond acceptors (Lipinski definition) is 4. The number of nitrogens with zero attached hydrogens (tertiary/aromatic N) is 2. The van der Waals surface area contributed by atoms with Crippen LogP contribution in [0, 0.1) is 0 Å². The van der Waals surface area contributed by atoms with Crippen molar-refractivity contribution in [1.29, 1.82) is 0 Å². The van der Waals surface area contributed by atoms with E-state index in [1.807, 2.05) is 12.1 Å². The summed E-state index contributed by atoms with van der Waals surface area (Å²) in [7, 11) is 1.61. The normalized spacial score (nSPS) is 16.6. The van der Waals surface area contributed by atoms with Crippen molar-refractivity contribution in [3.05, 3.63) is 18.3 Å². The van der Waals surface area contributed by atoms with Crippen molar-refractivity contribution in [1.82, 2.24) is 4.98 Å². The fraction of sp³-hybridized carbons (Fsp3) is 0.455. The molecule has 2 heterocycles. The highest BCUT2D eigenvalue weighted by molar-refractivity contribution is 5.81. The molecule has 0 unspecified atom stereocenters. The maximum Gasteiger partial charge on any atom is 0.237 e. The lowest BCUT2D eigenvalue weighted by Gasteiger charge is -2.28. The summed E-state index contributed by atoms with van der Waals surface area (Å²) in [5.41, 5.74) is 0.979. The molecule has 1 aromatic rings. The Bertz CT molecular complexity index is 355. The smallest absolute Gasteiger partial charge is 0.237 e. The van der Waals surface area contributed by atoms with Gasteiger partial charge in [0.15, 0.2) is 0 Å². The Balaban J connectivity index is 2.18. The van der Waals surface area contributed by atoms with Gasteiger partial charge in [0.1, 0.15) is 5.78 Å². The molecule has 0 aromatic carbocycles. The molecule has 0 N–H and O–H groups in total. The highest BCUT2D eigenvalue weighted by Crippen LogP contribution is 2.26. The van der Waals surface area contributed by atoms with Crippen molar-refractivity contribution in [2.24, 2.45) is 0 Å². The molecule has 0 bridgehead atoms. The fourth-order valence-electron chi connectivity index (χ4n) is 1.78. The van der Waals surface area contributed by atoms with Crippen LogP contribution in [0.25, 0.3) is 0 Å². The van der Waals surface area contributed by atoms with Crippen LogP contribution in [0.5, 0.6) is 5.88 Å². The van der Waals surface area contributed by atoms with E-state index in [1.165, 1.54) is 0 Å². The molecule has 0 aliphatic carbocycles. The van der Waals surface area contributed by atoms with Crippen LogP contribution in [0.3, 0.4) is 0 Å². The van der Waals surface area contributed by atoms with E-state index in [0.29, 0.717) is 24.5 Å². The molecule has 0 amide bonds. The second-order valence-electron chi connectivity index (χ2n) is 3.56. The minimum absolute atomic E-state index is 0.342. The van der Waals surface area contributed by atoms with Crippen molar-refractivity contribution >= 4 is 11.5 Å². The zero-order valence-corrected chi connectivity index (χ0v) is 8.77. The van der Waals surface area contributed by atoms with Gasteiger partial charge in [0.2, 0.25) is 5.88 Å². The molecule has 0 radical (unpaired) electrons. The summed E-state index contributed by atoms with van der Waals surface area (Å²) < 4.78 is 5.19. The summed E-state index contributed by atoms with van der Waals surface area (Å²) in [4.78, 5) is 17.4. The number of rotatable bonds is 2. The number of pyridine rings is 1. The van der Waals surface area contributed by atoms with Gasteiger partial charge in [-0.15, -0.1) is 0 Å². The molecule has 4 heteroatoms. The highest BCUT2D eigenvalue weighted by atomic mass is 16.5. The van der Waals surface area contributed by atoms with Crippen molar-refractivity contribution in [2.75, 3.05) is 25.1 Å². The molecule has 0 spiro atoms. The molecule has 1 aliphatic rings. The van der Waals surface area contributed by atoms with E-state index in [2.05, 4.69) is 9.88 Å². The number of ether oxygens (including phenoxy) is 1. The molecule has 1 aliphatic heterocycles. The second-order valence-corrected chi connectivity index (χ2v) is 3.56. The van der Waals surface area contributed by atoms with Gasteiger partial charge in [0, 0.05) is 32.1 Å². The largest absolute Gasteiger partial charge is 0.480 e. The van der Waals surface area contributed by atoms with Crippen molar-refractivity contribution in [3.63, 3.8) is 0 Å². The molecule has 15 heavy (non-hydrogen) atoms. The van der Waals surface area contributed by atoms with Gasteiger partial charge in [-0.3, -0.25) is 4.79 Å². The molecule has 0 saturated carbocycles. The number of carbonyl (C=O) groups excluding carboxylic acids is 1. The van der Waals surface area contributed by atoms with E-state index in [9.17, 15) is 4.79 Å².